The maximum atomic E-state index is 12.4. The molecule has 4 aromatic rings. The van der Waals surface area contributed by atoms with E-state index in [0.717, 1.165) is 45.1 Å². The molecule has 0 radical (unpaired) electrons. The summed E-state index contributed by atoms with van der Waals surface area (Å²) < 4.78 is 0. The van der Waals surface area contributed by atoms with Crippen molar-refractivity contribution in [3.63, 3.8) is 0 Å². The third kappa shape index (κ3) is 7.39. The number of hydrogen-bond acceptors (Lipinski definition) is 5. The number of amides is 2. The number of rotatable bonds is 9. The number of carbonyl (C=O) groups is 2. The van der Waals surface area contributed by atoms with Crippen molar-refractivity contribution in [3.05, 3.63) is 89.1 Å². The first-order chi connectivity index (χ1) is 19.4. The predicted octanol–water partition coefficient (Wildman–Crippen LogP) is 6.68. The molecule has 0 unspecified atom stereocenters. The van der Waals surface area contributed by atoms with Crippen LogP contribution in [0.15, 0.2) is 66.9 Å². The van der Waals surface area contributed by atoms with E-state index < -0.39 is 11.6 Å². The molecular formula is C33H39N5O3. The standard InChI is InChI=1S/C33H39N5O3/c1-7-34-30(39)26-12-11-21(2)28(18-26)25-13-14-29-27(17-25)19-35-31(37-29)36-22(3)15-23-9-8-10-24(16-23)20-38(32(40)41)33(4,5)6/h8-14,16-19,22H,7,15,20H2,1-6H3,(H,34,39)(H,40,41)(H,35,36,37)/t22-/m0/s1. The van der Waals surface area contributed by atoms with Crippen LogP contribution in [-0.2, 0) is 13.0 Å². The number of carboxylic acid groups (broad SMARTS) is 1. The number of nitrogens with zero attached hydrogens (tertiary/aromatic N) is 3. The summed E-state index contributed by atoms with van der Waals surface area (Å²) in [5, 5.41) is 16.8. The van der Waals surface area contributed by atoms with Crippen molar-refractivity contribution in [2.24, 2.45) is 0 Å². The Hall–Kier alpha value is -4.46. The van der Waals surface area contributed by atoms with Gasteiger partial charge in [0.1, 0.15) is 0 Å². The monoisotopic (exact) mass is 553 g/mol. The predicted molar refractivity (Wildman–Crippen MR) is 164 cm³/mol. The molecule has 1 heterocycles. The normalized spacial score (nSPS) is 12.1. The number of benzene rings is 3. The minimum absolute atomic E-state index is 0.0554. The molecule has 0 aliphatic heterocycles. The lowest BCUT2D eigenvalue weighted by atomic mass is 9.97. The van der Waals surface area contributed by atoms with Gasteiger partial charge in [0.2, 0.25) is 5.95 Å². The van der Waals surface area contributed by atoms with Gasteiger partial charge in [0, 0.05) is 41.8 Å². The van der Waals surface area contributed by atoms with E-state index in [4.69, 9.17) is 4.98 Å². The minimum Gasteiger partial charge on any atom is -0.465 e. The number of carbonyl (C=O) groups excluding carboxylic acids is 1. The number of aromatic nitrogens is 2. The summed E-state index contributed by atoms with van der Waals surface area (Å²) in [5.41, 5.74) is 6.14. The van der Waals surface area contributed by atoms with Crippen molar-refractivity contribution >= 4 is 28.9 Å². The van der Waals surface area contributed by atoms with E-state index in [1.54, 1.807) is 0 Å². The lowest BCUT2D eigenvalue weighted by Crippen LogP contribution is -2.44. The minimum atomic E-state index is -0.929. The average molecular weight is 554 g/mol. The second-order valence-corrected chi connectivity index (χ2v) is 11.5. The van der Waals surface area contributed by atoms with E-state index >= 15 is 0 Å². The quantitative estimate of drug-likeness (QED) is 0.214. The maximum absolute atomic E-state index is 12.4. The van der Waals surface area contributed by atoms with Gasteiger partial charge in [-0.15, -0.1) is 0 Å². The lowest BCUT2D eigenvalue weighted by Gasteiger charge is -2.33. The molecule has 3 aromatic carbocycles. The summed E-state index contributed by atoms with van der Waals surface area (Å²) in [6.45, 7) is 12.6. The van der Waals surface area contributed by atoms with Gasteiger partial charge in [-0.05, 0) is 100 Å². The highest BCUT2D eigenvalue weighted by Crippen LogP contribution is 2.28. The van der Waals surface area contributed by atoms with Gasteiger partial charge in [0.25, 0.3) is 5.91 Å². The smallest absolute Gasteiger partial charge is 0.408 e. The maximum Gasteiger partial charge on any atom is 0.408 e. The number of anilines is 1. The van der Waals surface area contributed by atoms with Gasteiger partial charge in [-0.25, -0.2) is 14.8 Å². The SMILES string of the molecule is CCNC(=O)c1ccc(C)c(-c2ccc3nc(N[C@@H](C)Cc4cccc(CN(C(=O)O)C(C)(C)C)c4)ncc3c2)c1. The number of hydrogen-bond donors (Lipinski definition) is 3. The molecule has 0 saturated carbocycles. The van der Waals surface area contributed by atoms with Gasteiger partial charge in [0.05, 0.1) is 5.52 Å². The number of aryl methyl sites for hydroxylation is 1. The highest BCUT2D eigenvalue weighted by Gasteiger charge is 2.26. The Bertz CT molecular complexity index is 1560. The van der Waals surface area contributed by atoms with Crippen LogP contribution in [0.5, 0.6) is 0 Å². The van der Waals surface area contributed by atoms with E-state index in [1.165, 1.54) is 4.90 Å². The topological polar surface area (TPSA) is 107 Å². The highest BCUT2D eigenvalue weighted by atomic mass is 16.4. The van der Waals surface area contributed by atoms with Crippen LogP contribution in [0.2, 0.25) is 0 Å². The molecular weight excluding hydrogens is 514 g/mol. The van der Waals surface area contributed by atoms with Gasteiger partial charge in [-0.2, -0.15) is 0 Å². The first kappa shape index (κ1) is 29.5. The Morgan fingerprint density at radius 1 is 1.02 bits per heavy atom. The summed E-state index contributed by atoms with van der Waals surface area (Å²) in [6, 6.07) is 19.9. The summed E-state index contributed by atoms with van der Waals surface area (Å²) in [6.07, 6.45) is 1.62. The fourth-order valence-corrected chi connectivity index (χ4v) is 4.86. The van der Waals surface area contributed by atoms with Crippen molar-refractivity contribution in [1.82, 2.24) is 20.2 Å². The third-order valence-corrected chi connectivity index (χ3v) is 7.02. The number of fused-ring (bicyclic) bond motifs is 1. The Morgan fingerprint density at radius 3 is 2.49 bits per heavy atom. The van der Waals surface area contributed by atoms with Crippen LogP contribution >= 0.6 is 0 Å². The third-order valence-electron chi connectivity index (χ3n) is 7.02. The van der Waals surface area contributed by atoms with Crippen molar-refractivity contribution in [1.29, 1.82) is 0 Å². The molecule has 41 heavy (non-hydrogen) atoms. The van der Waals surface area contributed by atoms with Gasteiger partial charge in [-0.1, -0.05) is 36.4 Å². The van der Waals surface area contributed by atoms with Crippen molar-refractivity contribution < 1.29 is 14.7 Å². The van der Waals surface area contributed by atoms with Crippen molar-refractivity contribution in [2.75, 3.05) is 11.9 Å². The Balaban J connectivity index is 1.47. The molecule has 0 saturated heterocycles. The second-order valence-electron chi connectivity index (χ2n) is 11.5. The summed E-state index contributed by atoms with van der Waals surface area (Å²) >= 11 is 0. The zero-order valence-electron chi connectivity index (χ0n) is 24.7. The average Bonchev–Trinajstić information content (AvgIpc) is 2.91. The van der Waals surface area contributed by atoms with Crippen LogP contribution in [0, 0.1) is 6.92 Å². The second kappa shape index (κ2) is 12.4. The summed E-state index contributed by atoms with van der Waals surface area (Å²) in [7, 11) is 0. The zero-order chi connectivity index (χ0) is 29.7. The summed E-state index contributed by atoms with van der Waals surface area (Å²) in [5.74, 6) is 0.467. The van der Waals surface area contributed by atoms with E-state index in [9.17, 15) is 14.7 Å². The molecule has 2 amide bonds. The van der Waals surface area contributed by atoms with E-state index in [0.29, 0.717) is 24.6 Å². The van der Waals surface area contributed by atoms with Gasteiger partial charge >= 0.3 is 6.09 Å². The molecule has 0 bridgehead atoms. The Morgan fingerprint density at radius 2 is 1.78 bits per heavy atom. The van der Waals surface area contributed by atoms with Crippen LogP contribution in [0.3, 0.4) is 0 Å². The van der Waals surface area contributed by atoms with Crippen LogP contribution in [0.25, 0.3) is 22.0 Å². The molecule has 1 aromatic heterocycles. The van der Waals surface area contributed by atoms with Crippen LogP contribution in [0.4, 0.5) is 10.7 Å². The molecule has 8 heteroatoms. The van der Waals surface area contributed by atoms with E-state index in [2.05, 4.69) is 40.7 Å². The molecule has 0 spiro atoms. The van der Waals surface area contributed by atoms with Crippen LogP contribution < -0.4 is 10.6 Å². The zero-order valence-corrected chi connectivity index (χ0v) is 24.7. The largest absolute Gasteiger partial charge is 0.465 e. The first-order valence-electron chi connectivity index (χ1n) is 14.0. The molecule has 0 fully saturated rings. The van der Waals surface area contributed by atoms with Crippen LogP contribution in [0.1, 0.15) is 61.7 Å². The van der Waals surface area contributed by atoms with Crippen molar-refractivity contribution in [3.8, 4) is 11.1 Å². The molecule has 214 valence electrons. The van der Waals surface area contributed by atoms with E-state index in [-0.39, 0.29) is 11.9 Å². The molecule has 3 N–H and O–H groups in total. The van der Waals surface area contributed by atoms with E-state index in [1.807, 2.05) is 83.3 Å². The van der Waals surface area contributed by atoms with Crippen LogP contribution in [-0.4, -0.2) is 50.1 Å². The Labute approximate surface area is 241 Å². The molecule has 0 aliphatic carbocycles. The fraction of sp³-hybridized carbons (Fsp3) is 0.333. The molecule has 1 atom stereocenters. The van der Waals surface area contributed by atoms with Gasteiger partial charge in [-0.3, -0.25) is 9.69 Å². The van der Waals surface area contributed by atoms with Gasteiger partial charge < -0.3 is 15.7 Å². The highest BCUT2D eigenvalue weighted by molar-refractivity contribution is 5.96. The number of nitrogens with one attached hydrogen (secondary N) is 2. The summed E-state index contributed by atoms with van der Waals surface area (Å²) in [4.78, 5) is 34.9. The molecule has 0 aliphatic rings. The first-order valence-corrected chi connectivity index (χ1v) is 14.0. The lowest BCUT2D eigenvalue weighted by molar-refractivity contribution is 0.0946. The Kier molecular flexibility index (Phi) is 8.91. The fourth-order valence-electron chi connectivity index (χ4n) is 4.86. The van der Waals surface area contributed by atoms with Gasteiger partial charge in [0.15, 0.2) is 0 Å². The molecule has 8 nitrogen and oxygen atoms in total. The molecule has 4 rings (SSSR count). The van der Waals surface area contributed by atoms with Crippen molar-refractivity contribution in [2.45, 2.75) is 66.1 Å².